The molecule has 0 bridgehead atoms. The number of anilines is 1. The van der Waals surface area contributed by atoms with Gasteiger partial charge >= 0.3 is 0 Å². The zero-order valence-corrected chi connectivity index (χ0v) is 20.1. The summed E-state index contributed by atoms with van der Waals surface area (Å²) in [7, 11) is -3.81. The van der Waals surface area contributed by atoms with Gasteiger partial charge < -0.3 is 0 Å². The summed E-state index contributed by atoms with van der Waals surface area (Å²) >= 11 is 3.29. The quantitative estimate of drug-likeness (QED) is 0.262. The first-order valence-corrected chi connectivity index (χ1v) is 12.4. The van der Waals surface area contributed by atoms with Crippen LogP contribution >= 0.6 is 15.9 Å². The van der Waals surface area contributed by atoms with Crippen LogP contribution in [0.25, 0.3) is 0 Å². The van der Waals surface area contributed by atoms with E-state index in [1.165, 1.54) is 18.2 Å². The lowest BCUT2D eigenvalue weighted by Crippen LogP contribution is -2.21. The van der Waals surface area contributed by atoms with Gasteiger partial charge in [-0.3, -0.25) is 14.5 Å². The third-order valence-electron chi connectivity index (χ3n) is 4.77. The monoisotopic (exact) mass is 534 g/mol. The van der Waals surface area contributed by atoms with E-state index in [1.54, 1.807) is 54.9 Å². The molecule has 0 saturated carbocycles. The smallest absolute Gasteiger partial charge is 0.271 e. The van der Waals surface area contributed by atoms with Crippen LogP contribution in [0.15, 0.2) is 118 Å². The Labute approximate surface area is 205 Å². The van der Waals surface area contributed by atoms with Gasteiger partial charge in [-0.1, -0.05) is 52.3 Å². The topological polar surface area (TPSA) is 101 Å². The number of aromatic nitrogens is 1. The zero-order valence-electron chi connectivity index (χ0n) is 17.7. The van der Waals surface area contributed by atoms with Gasteiger partial charge in [-0.25, -0.2) is 13.8 Å². The minimum absolute atomic E-state index is 0.111. The number of hydrogen-bond acceptors (Lipinski definition) is 5. The van der Waals surface area contributed by atoms with Crippen molar-refractivity contribution in [3.63, 3.8) is 0 Å². The number of hydrogen-bond donors (Lipinski definition) is 2. The fourth-order valence-electron chi connectivity index (χ4n) is 3.12. The van der Waals surface area contributed by atoms with Gasteiger partial charge in [0.2, 0.25) is 0 Å². The van der Waals surface area contributed by atoms with Gasteiger partial charge in [0.15, 0.2) is 0 Å². The number of rotatable bonds is 7. The molecule has 0 aliphatic carbocycles. The zero-order chi connectivity index (χ0) is 24.0. The summed E-state index contributed by atoms with van der Waals surface area (Å²) in [5, 5.41) is 4.35. The number of carbonyl (C=O) groups is 1. The second-order valence-corrected chi connectivity index (χ2v) is 9.74. The second kappa shape index (κ2) is 10.4. The number of halogens is 1. The molecule has 0 atom stereocenters. The largest absolute Gasteiger partial charge is 0.280 e. The molecule has 0 aliphatic rings. The number of hydrazone groups is 1. The van der Waals surface area contributed by atoms with Crippen molar-refractivity contribution in [2.45, 2.75) is 4.90 Å². The lowest BCUT2D eigenvalue weighted by Gasteiger charge is -2.10. The Hall–Kier alpha value is -3.82. The maximum absolute atomic E-state index is 12.8. The average molecular weight is 535 g/mol. The Morgan fingerprint density at radius 2 is 1.44 bits per heavy atom. The Kier molecular flexibility index (Phi) is 7.15. The number of pyridine rings is 1. The minimum atomic E-state index is -3.81. The molecule has 1 aromatic heterocycles. The molecule has 1 heterocycles. The molecule has 170 valence electrons. The van der Waals surface area contributed by atoms with Crippen molar-refractivity contribution >= 4 is 43.3 Å². The van der Waals surface area contributed by atoms with E-state index < -0.39 is 15.9 Å². The van der Waals surface area contributed by atoms with Crippen LogP contribution in [0.3, 0.4) is 0 Å². The van der Waals surface area contributed by atoms with E-state index in [4.69, 9.17) is 0 Å². The lowest BCUT2D eigenvalue weighted by molar-refractivity contribution is 0.0955. The predicted molar refractivity (Wildman–Crippen MR) is 135 cm³/mol. The molecule has 0 aliphatic heterocycles. The van der Waals surface area contributed by atoms with E-state index in [-0.39, 0.29) is 16.1 Å². The van der Waals surface area contributed by atoms with Crippen molar-refractivity contribution in [3.8, 4) is 0 Å². The van der Waals surface area contributed by atoms with Gasteiger partial charge in [-0.2, -0.15) is 5.10 Å². The number of carbonyl (C=O) groups excluding carboxylic acids is 1. The summed E-state index contributed by atoms with van der Waals surface area (Å²) in [6, 6.07) is 25.5. The molecule has 0 saturated heterocycles. The van der Waals surface area contributed by atoms with Gasteiger partial charge in [0.1, 0.15) is 0 Å². The predicted octanol–water partition coefficient (Wildman–Crippen LogP) is 4.83. The Morgan fingerprint density at radius 1 is 0.794 bits per heavy atom. The van der Waals surface area contributed by atoms with Crippen LogP contribution in [0, 0.1) is 0 Å². The van der Waals surface area contributed by atoms with Crippen molar-refractivity contribution in [3.05, 3.63) is 125 Å². The van der Waals surface area contributed by atoms with E-state index in [0.29, 0.717) is 5.71 Å². The van der Waals surface area contributed by atoms with Crippen LogP contribution in [0.5, 0.6) is 0 Å². The number of nitrogens with zero attached hydrogens (tertiary/aromatic N) is 2. The van der Waals surface area contributed by atoms with E-state index in [0.717, 1.165) is 15.6 Å². The first-order chi connectivity index (χ1) is 16.4. The van der Waals surface area contributed by atoms with Gasteiger partial charge in [0.05, 0.1) is 10.6 Å². The third-order valence-corrected chi connectivity index (χ3v) is 6.70. The van der Waals surface area contributed by atoms with Gasteiger partial charge in [0, 0.05) is 39.2 Å². The molecule has 4 rings (SSSR count). The number of amides is 1. The molecule has 9 heteroatoms. The van der Waals surface area contributed by atoms with Crippen LogP contribution in [0.4, 0.5) is 5.69 Å². The normalized spacial score (nSPS) is 11.6. The fraction of sp³-hybridized carbons (Fsp3) is 0. The van der Waals surface area contributed by atoms with E-state index in [9.17, 15) is 13.2 Å². The molecule has 0 spiro atoms. The molecule has 0 radical (unpaired) electrons. The highest BCUT2D eigenvalue weighted by Gasteiger charge is 2.15. The summed E-state index contributed by atoms with van der Waals surface area (Å²) in [6.07, 6.45) is 3.30. The first kappa shape index (κ1) is 23.3. The van der Waals surface area contributed by atoms with Crippen LogP contribution < -0.4 is 10.1 Å². The summed E-state index contributed by atoms with van der Waals surface area (Å²) in [5.41, 5.74) is 5.27. The maximum atomic E-state index is 12.8. The number of sulfonamides is 1. The summed E-state index contributed by atoms with van der Waals surface area (Å²) < 4.78 is 28.6. The minimum Gasteiger partial charge on any atom is -0.280 e. The van der Waals surface area contributed by atoms with Gasteiger partial charge in [-0.15, -0.1) is 0 Å². The van der Waals surface area contributed by atoms with Crippen LogP contribution in [-0.4, -0.2) is 25.0 Å². The van der Waals surface area contributed by atoms with Crippen molar-refractivity contribution in [2.24, 2.45) is 5.10 Å². The highest BCUT2D eigenvalue weighted by molar-refractivity contribution is 9.10. The molecule has 4 aromatic rings. The Balaban J connectivity index is 1.56. The van der Waals surface area contributed by atoms with Crippen molar-refractivity contribution in [1.29, 1.82) is 0 Å². The average Bonchev–Trinajstić information content (AvgIpc) is 2.85. The molecule has 34 heavy (non-hydrogen) atoms. The summed E-state index contributed by atoms with van der Waals surface area (Å²) in [6.45, 7) is 0. The first-order valence-electron chi connectivity index (χ1n) is 10.1. The van der Waals surface area contributed by atoms with E-state index in [1.807, 2.05) is 30.3 Å². The Bertz CT molecular complexity index is 1380. The number of benzene rings is 3. The highest BCUT2D eigenvalue weighted by atomic mass is 79.9. The van der Waals surface area contributed by atoms with Crippen molar-refractivity contribution < 1.29 is 13.2 Å². The summed E-state index contributed by atoms with van der Waals surface area (Å²) in [5.74, 6) is -0.479. The molecule has 0 fully saturated rings. The van der Waals surface area contributed by atoms with Crippen LogP contribution in [0.2, 0.25) is 0 Å². The van der Waals surface area contributed by atoms with E-state index in [2.05, 4.69) is 36.2 Å². The van der Waals surface area contributed by atoms with E-state index >= 15 is 0 Å². The molecular formula is C25H19BrN4O3S. The van der Waals surface area contributed by atoms with Gasteiger partial charge in [-0.05, 0) is 54.6 Å². The standard InChI is InChI=1S/C25H19BrN4O3S/c26-21-9-11-23(12-10-21)34(32,33)30-22-8-4-7-20(17-22)25(31)29-28-24(18-5-2-1-3-6-18)19-13-15-27-16-14-19/h1-17,30H,(H,29,31). The fourth-order valence-corrected chi connectivity index (χ4v) is 4.44. The van der Waals surface area contributed by atoms with Crippen LogP contribution in [0.1, 0.15) is 21.5 Å². The SMILES string of the molecule is O=C(NN=C(c1ccccc1)c1ccncc1)c1cccc(NS(=O)(=O)c2ccc(Br)cc2)c1. The lowest BCUT2D eigenvalue weighted by atomic mass is 10.0. The molecule has 3 aromatic carbocycles. The summed E-state index contributed by atoms with van der Waals surface area (Å²) in [4.78, 5) is 17.0. The Morgan fingerprint density at radius 3 is 2.15 bits per heavy atom. The third kappa shape index (κ3) is 5.75. The molecule has 7 nitrogen and oxygen atoms in total. The molecule has 1 amide bonds. The van der Waals surface area contributed by atoms with Crippen molar-refractivity contribution in [1.82, 2.24) is 10.4 Å². The molecular weight excluding hydrogens is 516 g/mol. The second-order valence-electron chi connectivity index (χ2n) is 7.14. The molecule has 0 unspecified atom stereocenters. The van der Waals surface area contributed by atoms with Crippen LogP contribution in [-0.2, 0) is 10.0 Å². The molecule has 2 N–H and O–H groups in total. The van der Waals surface area contributed by atoms with Gasteiger partial charge in [0.25, 0.3) is 15.9 Å². The maximum Gasteiger partial charge on any atom is 0.271 e. The highest BCUT2D eigenvalue weighted by Crippen LogP contribution is 2.19. The number of nitrogens with one attached hydrogen (secondary N) is 2. The van der Waals surface area contributed by atoms with Crippen molar-refractivity contribution in [2.75, 3.05) is 4.72 Å².